The summed E-state index contributed by atoms with van der Waals surface area (Å²) in [6.45, 7) is 10.5. The summed E-state index contributed by atoms with van der Waals surface area (Å²) in [5.74, 6) is -0.169. The molecule has 3 aromatic carbocycles. The number of hydrogen-bond acceptors (Lipinski definition) is 6. The van der Waals surface area contributed by atoms with Gasteiger partial charge in [-0.15, -0.1) is 0 Å². The van der Waals surface area contributed by atoms with Gasteiger partial charge in [0.05, 0.1) is 0 Å². The van der Waals surface area contributed by atoms with Gasteiger partial charge in [-0.25, -0.2) is 14.0 Å². The summed E-state index contributed by atoms with van der Waals surface area (Å²) in [5, 5.41) is 0. The average molecular weight is 505 g/mol. The molecule has 2 unspecified atom stereocenters. The van der Waals surface area contributed by atoms with Gasteiger partial charge < -0.3 is 18.9 Å². The monoisotopic (exact) mass is 504 g/mol. The van der Waals surface area contributed by atoms with E-state index in [0.717, 1.165) is 23.3 Å². The minimum atomic E-state index is -0.507. The summed E-state index contributed by atoms with van der Waals surface area (Å²) >= 11 is 0. The van der Waals surface area contributed by atoms with Crippen LogP contribution in [0, 0.1) is 5.82 Å². The highest BCUT2D eigenvalue weighted by atomic mass is 19.1. The zero-order valence-corrected chi connectivity index (χ0v) is 20.8. The van der Waals surface area contributed by atoms with Gasteiger partial charge in [-0.3, -0.25) is 0 Å². The van der Waals surface area contributed by atoms with Crippen molar-refractivity contribution in [2.45, 2.75) is 26.1 Å². The molecular weight excluding hydrogens is 475 g/mol. The van der Waals surface area contributed by atoms with Gasteiger partial charge in [0.15, 0.2) is 0 Å². The summed E-state index contributed by atoms with van der Waals surface area (Å²) in [4.78, 5) is 22.3. The van der Waals surface area contributed by atoms with Gasteiger partial charge in [0.2, 0.25) is 0 Å². The lowest BCUT2D eigenvalue weighted by Crippen LogP contribution is -2.20. The molecule has 0 spiro atoms. The van der Waals surface area contributed by atoms with Crippen molar-refractivity contribution in [3.8, 4) is 33.8 Å². The van der Waals surface area contributed by atoms with E-state index in [1.54, 1.807) is 56.3 Å². The van der Waals surface area contributed by atoms with E-state index in [-0.39, 0.29) is 31.2 Å². The fourth-order valence-corrected chi connectivity index (χ4v) is 3.42. The van der Waals surface area contributed by atoms with Crippen LogP contribution in [0.15, 0.2) is 92.0 Å². The van der Waals surface area contributed by atoms with E-state index in [9.17, 15) is 9.59 Å². The molecule has 3 rings (SSSR count). The maximum atomic E-state index is 15.0. The molecule has 7 heteroatoms. The van der Waals surface area contributed by atoms with Crippen LogP contribution in [-0.2, 0) is 19.1 Å². The molecule has 0 aliphatic heterocycles. The molecule has 3 aromatic rings. The number of rotatable bonds is 12. The van der Waals surface area contributed by atoms with Gasteiger partial charge in [-0.2, -0.15) is 0 Å². The number of halogens is 1. The Kier molecular flexibility index (Phi) is 9.61. The molecule has 6 nitrogen and oxygen atoms in total. The Labute approximate surface area is 215 Å². The second-order valence-corrected chi connectivity index (χ2v) is 8.27. The minimum absolute atomic E-state index is 0.0972. The molecule has 0 saturated carbocycles. The van der Waals surface area contributed by atoms with Gasteiger partial charge in [0, 0.05) is 17.7 Å². The molecule has 0 bridgehead atoms. The number of ether oxygens (including phenoxy) is 4. The van der Waals surface area contributed by atoms with Crippen molar-refractivity contribution in [2.24, 2.45) is 0 Å². The largest absolute Gasteiger partial charge is 0.487 e. The zero-order valence-electron chi connectivity index (χ0n) is 20.8. The van der Waals surface area contributed by atoms with Crippen LogP contribution < -0.4 is 9.47 Å². The van der Waals surface area contributed by atoms with Crippen molar-refractivity contribution in [1.29, 1.82) is 0 Å². The van der Waals surface area contributed by atoms with Crippen LogP contribution in [0.25, 0.3) is 22.3 Å². The molecular formula is C30H29FO6. The fourth-order valence-electron chi connectivity index (χ4n) is 3.42. The molecule has 0 aliphatic rings. The van der Waals surface area contributed by atoms with Crippen molar-refractivity contribution < 1.29 is 32.9 Å². The molecule has 0 amide bonds. The lowest BCUT2D eigenvalue weighted by molar-refractivity contribution is -0.140. The third-order valence-electron chi connectivity index (χ3n) is 5.25. The molecule has 0 fully saturated rings. The summed E-state index contributed by atoms with van der Waals surface area (Å²) in [6.07, 6.45) is 1.52. The molecule has 0 N–H and O–H groups in total. The highest BCUT2D eigenvalue weighted by molar-refractivity contribution is 5.81. The third kappa shape index (κ3) is 8.07. The number of esters is 2. The van der Waals surface area contributed by atoms with Crippen LogP contribution in [-0.4, -0.2) is 37.4 Å². The molecule has 0 saturated heterocycles. The van der Waals surface area contributed by atoms with Gasteiger partial charge in [-0.1, -0.05) is 49.6 Å². The Morgan fingerprint density at radius 2 is 1.16 bits per heavy atom. The lowest BCUT2D eigenvalue weighted by Gasteiger charge is -2.15. The molecule has 0 aliphatic carbocycles. The molecule has 37 heavy (non-hydrogen) atoms. The standard InChI is InChI=1S/C30H29FO6/c1-5-29(32)34-18-20(3)36-25-12-7-22(8-13-25)24-11-16-27(28(31)17-24)23-9-14-26(15-10-23)37-21(4)19-35-30(33)6-2/h5-17,20-21H,1-2,18-19H2,3-4H3. The molecule has 0 radical (unpaired) electrons. The summed E-state index contributed by atoms with van der Waals surface area (Å²) in [6, 6.07) is 19.4. The predicted molar refractivity (Wildman–Crippen MR) is 140 cm³/mol. The van der Waals surface area contributed by atoms with Crippen molar-refractivity contribution in [1.82, 2.24) is 0 Å². The first-order chi connectivity index (χ1) is 17.8. The third-order valence-corrected chi connectivity index (χ3v) is 5.25. The van der Waals surface area contributed by atoms with E-state index in [4.69, 9.17) is 18.9 Å². The Bertz CT molecular complexity index is 1230. The van der Waals surface area contributed by atoms with E-state index in [2.05, 4.69) is 13.2 Å². The molecule has 0 heterocycles. The number of hydrogen-bond donors (Lipinski definition) is 0. The van der Waals surface area contributed by atoms with Gasteiger partial charge >= 0.3 is 11.9 Å². The van der Waals surface area contributed by atoms with E-state index in [1.807, 2.05) is 18.2 Å². The van der Waals surface area contributed by atoms with Crippen LogP contribution in [0.3, 0.4) is 0 Å². The first-order valence-corrected chi connectivity index (χ1v) is 11.7. The first-order valence-electron chi connectivity index (χ1n) is 11.7. The first kappa shape index (κ1) is 27.2. The van der Waals surface area contributed by atoms with Crippen molar-refractivity contribution in [2.75, 3.05) is 13.2 Å². The SMILES string of the molecule is C=CC(=O)OCC(C)Oc1ccc(-c2ccc(-c3ccc(OC(C)COC(=O)C=C)cc3)c(F)c2)cc1. The van der Waals surface area contributed by atoms with Crippen molar-refractivity contribution in [3.05, 3.63) is 97.9 Å². The van der Waals surface area contributed by atoms with E-state index in [0.29, 0.717) is 22.6 Å². The van der Waals surface area contributed by atoms with Gasteiger partial charge in [0.1, 0.15) is 42.7 Å². The summed E-state index contributed by atoms with van der Waals surface area (Å²) < 4.78 is 36.4. The molecule has 2 atom stereocenters. The fraction of sp³-hybridized carbons (Fsp3) is 0.200. The van der Waals surface area contributed by atoms with Crippen LogP contribution in [0.1, 0.15) is 13.8 Å². The van der Waals surface area contributed by atoms with Crippen molar-refractivity contribution >= 4 is 11.9 Å². The second kappa shape index (κ2) is 13.1. The highest BCUT2D eigenvalue weighted by Gasteiger charge is 2.11. The topological polar surface area (TPSA) is 71.1 Å². The average Bonchev–Trinajstić information content (AvgIpc) is 2.91. The minimum Gasteiger partial charge on any atom is -0.487 e. The Morgan fingerprint density at radius 3 is 1.59 bits per heavy atom. The van der Waals surface area contributed by atoms with Crippen molar-refractivity contribution in [3.63, 3.8) is 0 Å². The van der Waals surface area contributed by atoms with Gasteiger partial charge in [0.25, 0.3) is 0 Å². The normalized spacial score (nSPS) is 12.1. The van der Waals surface area contributed by atoms with Gasteiger partial charge in [-0.05, 0) is 60.9 Å². The van der Waals surface area contributed by atoms with Crippen LogP contribution in [0.4, 0.5) is 4.39 Å². The van der Waals surface area contributed by atoms with Crippen LogP contribution >= 0.6 is 0 Å². The number of carbonyl (C=O) groups excluding carboxylic acids is 2. The van der Waals surface area contributed by atoms with E-state index in [1.165, 1.54) is 6.07 Å². The summed E-state index contributed by atoms with van der Waals surface area (Å²) in [5.41, 5.74) is 2.73. The Balaban J connectivity index is 1.61. The molecule has 0 aromatic heterocycles. The number of benzene rings is 3. The predicted octanol–water partition coefficient (Wildman–Crippen LogP) is 6.15. The molecule has 192 valence electrons. The maximum absolute atomic E-state index is 15.0. The maximum Gasteiger partial charge on any atom is 0.330 e. The Hall–Kier alpha value is -4.39. The lowest BCUT2D eigenvalue weighted by atomic mass is 9.99. The zero-order chi connectivity index (χ0) is 26.8. The van der Waals surface area contributed by atoms with E-state index >= 15 is 4.39 Å². The Morgan fingerprint density at radius 1 is 0.730 bits per heavy atom. The number of carbonyl (C=O) groups is 2. The van der Waals surface area contributed by atoms with Crippen LogP contribution in [0.5, 0.6) is 11.5 Å². The second-order valence-electron chi connectivity index (χ2n) is 8.27. The highest BCUT2D eigenvalue weighted by Crippen LogP contribution is 2.30. The summed E-state index contributed by atoms with van der Waals surface area (Å²) in [7, 11) is 0. The smallest absolute Gasteiger partial charge is 0.330 e. The van der Waals surface area contributed by atoms with Crippen LogP contribution in [0.2, 0.25) is 0 Å². The van der Waals surface area contributed by atoms with E-state index < -0.39 is 11.9 Å². The quantitative estimate of drug-likeness (QED) is 0.218.